The summed E-state index contributed by atoms with van der Waals surface area (Å²) in [5, 5.41) is 9.50. The molecule has 3 heteroatoms. The SMILES string of the molecule is CN(CCCCO)Cc1ccccc1Cl. The van der Waals surface area contributed by atoms with Gasteiger partial charge in [-0.2, -0.15) is 0 Å². The van der Waals surface area contributed by atoms with E-state index in [1.165, 1.54) is 0 Å². The zero-order chi connectivity index (χ0) is 11.1. The molecule has 0 aliphatic heterocycles. The van der Waals surface area contributed by atoms with Crippen LogP contribution in [0.25, 0.3) is 0 Å². The van der Waals surface area contributed by atoms with Crippen LogP contribution in [-0.2, 0) is 6.54 Å². The smallest absolute Gasteiger partial charge is 0.0451 e. The fraction of sp³-hybridized carbons (Fsp3) is 0.500. The highest BCUT2D eigenvalue weighted by molar-refractivity contribution is 6.31. The van der Waals surface area contributed by atoms with Crippen molar-refractivity contribution in [2.75, 3.05) is 20.2 Å². The lowest BCUT2D eigenvalue weighted by atomic mass is 10.2. The van der Waals surface area contributed by atoms with E-state index in [0.29, 0.717) is 0 Å². The molecule has 1 rings (SSSR count). The first-order valence-electron chi connectivity index (χ1n) is 5.27. The van der Waals surface area contributed by atoms with E-state index in [4.69, 9.17) is 16.7 Å². The fourth-order valence-corrected chi connectivity index (χ4v) is 1.69. The second kappa shape index (κ2) is 6.83. The summed E-state index contributed by atoms with van der Waals surface area (Å²) >= 11 is 6.06. The van der Waals surface area contributed by atoms with Crippen LogP contribution in [0.1, 0.15) is 18.4 Å². The van der Waals surface area contributed by atoms with Gasteiger partial charge in [0.25, 0.3) is 0 Å². The Hall–Kier alpha value is -0.570. The van der Waals surface area contributed by atoms with Crippen molar-refractivity contribution in [3.8, 4) is 0 Å². The average molecular weight is 228 g/mol. The van der Waals surface area contributed by atoms with Crippen LogP contribution in [0, 0.1) is 0 Å². The second-order valence-corrected chi connectivity index (χ2v) is 4.17. The molecule has 1 aromatic rings. The highest BCUT2D eigenvalue weighted by Gasteiger charge is 2.02. The predicted molar refractivity (Wildman–Crippen MR) is 64.1 cm³/mol. The van der Waals surface area contributed by atoms with Gasteiger partial charge >= 0.3 is 0 Å². The van der Waals surface area contributed by atoms with Crippen LogP contribution in [0.15, 0.2) is 24.3 Å². The van der Waals surface area contributed by atoms with Crippen LogP contribution in [0.3, 0.4) is 0 Å². The molecule has 0 amide bonds. The topological polar surface area (TPSA) is 23.5 Å². The van der Waals surface area contributed by atoms with Gasteiger partial charge in [0.05, 0.1) is 0 Å². The molecule has 0 fully saturated rings. The minimum absolute atomic E-state index is 0.278. The molecule has 0 heterocycles. The normalized spacial score (nSPS) is 10.9. The number of benzene rings is 1. The predicted octanol–water partition coefficient (Wildman–Crippen LogP) is 2.54. The van der Waals surface area contributed by atoms with Gasteiger partial charge in [0, 0.05) is 18.2 Å². The molecule has 0 saturated heterocycles. The average Bonchev–Trinajstić information content (AvgIpc) is 2.22. The summed E-state index contributed by atoms with van der Waals surface area (Å²) in [6.45, 7) is 2.14. The van der Waals surface area contributed by atoms with Crippen molar-refractivity contribution in [2.45, 2.75) is 19.4 Å². The van der Waals surface area contributed by atoms with Crippen LogP contribution < -0.4 is 0 Å². The Morgan fingerprint density at radius 1 is 1.27 bits per heavy atom. The second-order valence-electron chi connectivity index (χ2n) is 3.76. The fourth-order valence-electron chi connectivity index (χ4n) is 1.49. The Bertz CT molecular complexity index is 291. The largest absolute Gasteiger partial charge is 0.396 e. The monoisotopic (exact) mass is 227 g/mol. The molecule has 0 radical (unpaired) electrons. The van der Waals surface area contributed by atoms with Crippen molar-refractivity contribution in [1.82, 2.24) is 4.90 Å². The Balaban J connectivity index is 2.37. The van der Waals surface area contributed by atoms with E-state index in [2.05, 4.69) is 11.9 Å². The van der Waals surface area contributed by atoms with Gasteiger partial charge in [0.2, 0.25) is 0 Å². The van der Waals surface area contributed by atoms with Crippen LogP contribution in [0.5, 0.6) is 0 Å². The van der Waals surface area contributed by atoms with E-state index in [9.17, 15) is 0 Å². The van der Waals surface area contributed by atoms with Gasteiger partial charge in [0.1, 0.15) is 0 Å². The number of unbranched alkanes of at least 4 members (excludes halogenated alkanes) is 1. The molecule has 84 valence electrons. The Morgan fingerprint density at radius 2 is 2.00 bits per heavy atom. The van der Waals surface area contributed by atoms with Gasteiger partial charge in [-0.05, 0) is 38.1 Å². The minimum Gasteiger partial charge on any atom is -0.396 e. The molecule has 0 atom stereocenters. The zero-order valence-corrected chi connectivity index (χ0v) is 9.87. The number of nitrogens with zero attached hydrogens (tertiary/aromatic N) is 1. The lowest BCUT2D eigenvalue weighted by Gasteiger charge is -2.16. The lowest BCUT2D eigenvalue weighted by Crippen LogP contribution is -2.19. The molecular formula is C12H18ClNO. The Labute approximate surface area is 96.5 Å². The molecule has 0 aromatic heterocycles. The molecule has 0 bridgehead atoms. The molecule has 1 aromatic carbocycles. The number of rotatable bonds is 6. The van der Waals surface area contributed by atoms with Crippen LogP contribution in [0.2, 0.25) is 5.02 Å². The summed E-state index contributed by atoms with van der Waals surface area (Å²) in [6, 6.07) is 7.91. The van der Waals surface area contributed by atoms with Gasteiger partial charge in [-0.25, -0.2) is 0 Å². The Kier molecular flexibility index (Phi) is 5.69. The third kappa shape index (κ3) is 4.65. The molecule has 0 spiro atoms. The molecule has 15 heavy (non-hydrogen) atoms. The summed E-state index contributed by atoms with van der Waals surface area (Å²) in [7, 11) is 2.07. The van der Waals surface area contributed by atoms with E-state index < -0.39 is 0 Å². The van der Waals surface area contributed by atoms with Crippen molar-refractivity contribution in [2.24, 2.45) is 0 Å². The minimum atomic E-state index is 0.278. The summed E-state index contributed by atoms with van der Waals surface area (Å²) < 4.78 is 0. The van der Waals surface area contributed by atoms with E-state index in [1.807, 2.05) is 24.3 Å². The van der Waals surface area contributed by atoms with E-state index >= 15 is 0 Å². The van der Waals surface area contributed by atoms with Crippen molar-refractivity contribution in [3.63, 3.8) is 0 Å². The first-order chi connectivity index (χ1) is 7.24. The van der Waals surface area contributed by atoms with E-state index in [-0.39, 0.29) is 6.61 Å². The van der Waals surface area contributed by atoms with Gasteiger partial charge in [-0.3, -0.25) is 0 Å². The maximum atomic E-state index is 8.67. The van der Waals surface area contributed by atoms with E-state index in [1.54, 1.807) is 0 Å². The maximum Gasteiger partial charge on any atom is 0.0451 e. The van der Waals surface area contributed by atoms with Crippen LogP contribution >= 0.6 is 11.6 Å². The third-order valence-corrected chi connectivity index (χ3v) is 2.71. The van der Waals surface area contributed by atoms with Crippen molar-refractivity contribution in [1.29, 1.82) is 0 Å². The first-order valence-corrected chi connectivity index (χ1v) is 5.64. The molecular weight excluding hydrogens is 210 g/mol. The summed E-state index contributed by atoms with van der Waals surface area (Å²) in [5.41, 5.74) is 1.16. The highest BCUT2D eigenvalue weighted by atomic mass is 35.5. The molecule has 1 N–H and O–H groups in total. The molecule has 0 saturated carbocycles. The summed E-state index contributed by atoms with van der Waals surface area (Å²) in [6.07, 6.45) is 1.89. The van der Waals surface area contributed by atoms with Crippen molar-refractivity contribution >= 4 is 11.6 Å². The van der Waals surface area contributed by atoms with Gasteiger partial charge in [0.15, 0.2) is 0 Å². The molecule has 0 unspecified atom stereocenters. The van der Waals surface area contributed by atoms with Crippen LogP contribution in [0.4, 0.5) is 0 Å². The van der Waals surface area contributed by atoms with Crippen LogP contribution in [-0.4, -0.2) is 30.2 Å². The van der Waals surface area contributed by atoms with Crippen molar-refractivity contribution in [3.05, 3.63) is 34.9 Å². The highest BCUT2D eigenvalue weighted by Crippen LogP contribution is 2.16. The summed E-state index contributed by atoms with van der Waals surface area (Å²) in [5.74, 6) is 0. The number of hydrogen-bond acceptors (Lipinski definition) is 2. The van der Waals surface area contributed by atoms with Gasteiger partial charge in [-0.1, -0.05) is 29.8 Å². The first kappa shape index (κ1) is 12.5. The number of halogens is 1. The lowest BCUT2D eigenvalue weighted by molar-refractivity contribution is 0.261. The standard InChI is InChI=1S/C12H18ClNO/c1-14(8-4-5-9-15)10-11-6-2-3-7-12(11)13/h2-3,6-7,15H,4-5,8-10H2,1H3. The number of aliphatic hydroxyl groups is 1. The quantitative estimate of drug-likeness (QED) is 0.755. The van der Waals surface area contributed by atoms with Gasteiger partial charge < -0.3 is 10.0 Å². The van der Waals surface area contributed by atoms with Gasteiger partial charge in [-0.15, -0.1) is 0 Å². The number of hydrogen-bond donors (Lipinski definition) is 1. The summed E-state index contributed by atoms with van der Waals surface area (Å²) in [4.78, 5) is 2.22. The molecule has 0 aliphatic rings. The zero-order valence-electron chi connectivity index (χ0n) is 9.12. The third-order valence-electron chi connectivity index (χ3n) is 2.35. The van der Waals surface area contributed by atoms with E-state index in [0.717, 1.165) is 36.5 Å². The van der Waals surface area contributed by atoms with Crippen molar-refractivity contribution < 1.29 is 5.11 Å². The maximum absolute atomic E-state index is 8.67. The Morgan fingerprint density at radius 3 is 2.67 bits per heavy atom. The molecule has 2 nitrogen and oxygen atoms in total. The molecule has 0 aliphatic carbocycles. The number of aliphatic hydroxyl groups excluding tert-OH is 1.